The van der Waals surface area contributed by atoms with E-state index in [0.717, 1.165) is 17.7 Å². The Balaban J connectivity index is 1.98. The molecule has 4 rings (SSSR count). The highest BCUT2D eigenvalue weighted by Crippen LogP contribution is 2.48. The summed E-state index contributed by atoms with van der Waals surface area (Å²) in [5, 5.41) is 8.27. The van der Waals surface area contributed by atoms with Crippen molar-refractivity contribution in [3.8, 4) is 11.1 Å². The maximum atomic E-state index is 8.27. The lowest BCUT2D eigenvalue weighted by atomic mass is 9.84. The molecule has 0 unspecified atom stereocenters. The maximum Gasteiger partial charge on any atom is 0.0393 e. The van der Waals surface area contributed by atoms with Gasteiger partial charge in [-0.05, 0) is 27.8 Å². The first-order valence-corrected chi connectivity index (χ1v) is 6.99. The Bertz CT molecular complexity index is 719. The summed E-state index contributed by atoms with van der Waals surface area (Å²) in [7, 11) is 0. The minimum Gasteiger partial charge on any atom is -0.305 e. The van der Waals surface area contributed by atoms with Crippen molar-refractivity contribution in [2.24, 2.45) is 0 Å². The van der Waals surface area contributed by atoms with E-state index in [9.17, 15) is 0 Å². The molecule has 0 heterocycles. The molecule has 0 amide bonds. The molecule has 1 nitrogen and oxygen atoms in total. The van der Waals surface area contributed by atoms with Crippen molar-refractivity contribution in [1.29, 1.82) is 5.41 Å². The van der Waals surface area contributed by atoms with E-state index in [-0.39, 0.29) is 5.92 Å². The number of nitrogens with one attached hydrogen (secondary N) is 1. The lowest BCUT2D eigenvalue weighted by Crippen LogP contribution is -2.11. The SMILES string of the molecule is N=C1CC=CC=C1C1c2ccccc2-c2ccccc21. The molecule has 2 aromatic carbocycles. The predicted molar refractivity (Wildman–Crippen MR) is 83.3 cm³/mol. The molecule has 0 aliphatic heterocycles. The van der Waals surface area contributed by atoms with Crippen LogP contribution in [0.4, 0.5) is 0 Å². The minimum atomic E-state index is 0.222. The fraction of sp³-hybridized carbons (Fsp3) is 0.105. The second-order valence-corrected chi connectivity index (χ2v) is 5.34. The van der Waals surface area contributed by atoms with Crippen LogP contribution < -0.4 is 0 Å². The standard InChI is InChI=1S/C19H15N/c20-18-12-6-5-11-17(18)19-15-9-3-1-7-13(15)14-8-2-4-10-16(14)19/h1-11,19-20H,12H2. The maximum absolute atomic E-state index is 8.27. The zero-order valence-corrected chi connectivity index (χ0v) is 11.1. The Morgan fingerprint density at radius 3 is 2.05 bits per heavy atom. The highest BCUT2D eigenvalue weighted by molar-refractivity contribution is 6.03. The number of hydrogen-bond acceptors (Lipinski definition) is 1. The number of hydrogen-bond donors (Lipinski definition) is 1. The Hall–Kier alpha value is -2.41. The molecule has 0 atom stereocenters. The van der Waals surface area contributed by atoms with Gasteiger partial charge in [0.15, 0.2) is 0 Å². The monoisotopic (exact) mass is 257 g/mol. The number of benzene rings is 2. The summed E-state index contributed by atoms with van der Waals surface area (Å²) in [5.41, 5.74) is 7.18. The first kappa shape index (κ1) is 11.4. The predicted octanol–water partition coefficient (Wildman–Crippen LogP) is 4.70. The van der Waals surface area contributed by atoms with Crippen LogP contribution in [0.25, 0.3) is 11.1 Å². The molecule has 0 bridgehead atoms. The van der Waals surface area contributed by atoms with E-state index >= 15 is 0 Å². The lowest BCUT2D eigenvalue weighted by molar-refractivity contribution is 1.01. The van der Waals surface area contributed by atoms with Crippen LogP contribution in [-0.4, -0.2) is 5.71 Å². The summed E-state index contributed by atoms with van der Waals surface area (Å²) in [6.07, 6.45) is 6.98. The Kier molecular flexibility index (Phi) is 2.46. The molecule has 1 heteroatoms. The highest BCUT2D eigenvalue weighted by Gasteiger charge is 2.32. The molecule has 2 aromatic rings. The molecule has 2 aliphatic rings. The molecule has 2 aliphatic carbocycles. The number of allylic oxidation sites excluding steroid dienone is 4. The van der Waals surface area contributed by atoms with E-state index in [1.165, 1.54) is 22.3 Å². The van der Waals surface area contributed by atoms with Gasteiger partial charge in [-0.25, -0.2) is 0 Å². The average molecular weight is 257 g/mol. The molecule has 0 saturated heterocycles. The van der Waals surface area contributed by atoms with Crippen molar-refractivity contribution in [2.75, 3.05) is 0 Å². The second-order valence-electron chi connectivity index (χ2n) is 5.34. The van der Waals surface area contributed by atoms with Crippen LogP contribution >= 0.6 is 0 Å². The molecule has 0 aromatic heterocycles. The molecular formula is C19H15N. The van der Waals surface area contributed by atoms with Gasteiger partial charge in [0.05, 0.1) is 0 Å². The summed E-state index contributed by atoms with van der Waals surface area (Å²) in [5.74, 6) is 0.222. The van der Waals surface area contributed by atoms with Gasteiger partial charge in [0.2, 0.25) is 0 Å². The minimum absolute atomic E-state index is 0.222. The molecule has 1 N–H and O–H groups in total. The fourth-order valence-corrected chi connectivity index (χ4v) is 3.34. The van der Waals surface area contributed by atoms with Crippen LogP contribution in [-0.2, 0) is 0 Å². The van der Waals surface area contributed by atoms with E-state index in [1.54, 1.807) is 0 Å². The first-order chi connectivity index (χ1) is 9.86. The van der Waals surface area contributed by atoms with Gasteiger partial charge in [0.1, 0.15) is 0 Å². The number of fused-ring (bicyclic) bond motifs is 3. The van der Waals surface area contributed by atoms with Crippen LogP contribution in [0.15, 0.2) is 72.3 Å². The first-order valence-electron chi connectivity index (χ1n) is 6.99. The van der Waals surface area contributed by atoms with Crippen LogP contribution in [0.1, 0.15) is 23.5 Å². The smallest absolute Gasteiger partial charge is 0.0393 e. The molecule has 96 valence electrons. The van der Waals surface area contributed by atoms with Gasteiger partial charge in [-0.1, -0.05) is 66.8 Å². The molecule has 0 spiro atoms. The molecular weight excluding hydrogens is 242 g/mol. The zero-order valence-electron chi connectivity index (χ0n) is 11.1. The fourth-order valence-electron chi connectivity index (χ4n) is 3.34. The van der Waals surface area contributed by atoms with Gasteiger partial charge in [-0.2, -0.15) is 0 Å². The molecule has 0 saturated carbocycles. The zero-order chi connectivity index (χ0) is 13.5. The third kappa shape index (κ3) is 1.53. The largest absolute Gasteiger partial charge is 0.305 e. The van der Waals surface area contributed by atoms with Crippen molar-refractivity contribution >= 4 is 5.71 Å². The van der Waals surface area contributed by atoms with Crippen LogP contribution in [0.5, 0.6) is 0 Å². The van der Waals surface area contributed by atoms with Gasteiger partial charge in [0.25, 0.3) is 0 Å². The van der Waals surface area contributed by atoms with Gasteiger partial charge in [0, 0.05) is 18.1 Å². The van der Waals surface area contributed by atoms with Crippen LogP contribution in [0.2, 0.25) is 0 Å². The van der Waals surface area contributed by atoms with E-state index in [0.29, 0.717) is 0 Å². The summed E-state index contributed by atoms with van der Waals surface area (Å²) in [6, 6.07) is 17.2. The van der Waals surface area contributed by atoms with Crippen molar-refractivity contribution in [2.45, 2.75) is 12.3 Å². The van der Waals surface area contributed by atoms with Crippen molar-refractivity contribution in [1.82, 2.24) is 0 Å². The molecule has 0 fully saturated rings. The summed E-state index contributed by atoms with van der Waals surface area (Å²) in [6.45, 7) is 0. The van der Waals surface area contributed by atoms with Gasteiger partial charge in [-0.15, -0.1) is 0 Å². The Morgan fingerprint density at radius 1 is 0.850 bits per heavy atom. The topological polar surface area (TPSA) is 23.9 Å². The van der Waals surface area contributed by atoms with Gasteiger partial charge in [-0.3, -0.25) is 0 Å². The van der Waals surface area contributed by atoms with Crippen molar-refractivity contribution in [3.63, 3.8) is 0 Å². The summed E-state index contributed by atoms with van der Waals surface area (Å²) < 4.78 is 0. The van der Waals surface area contributed by atoms with Gasteiger partial charge < -0.3 is 5.41 Å². The van der Waals surface area contributed by atoms with Crippen molar-refractivity contribution < 1.29 is 0 Å². The van der Waals surface area contributed by atoms with Crippen LogP contribution in [0.3, 0.4) is 0 Å². The quantitative estimate of drug-likeness (QED) is 0.765. The lowest BCUT2D eigenvalue weighted by Gasteiger charge is -2.20. The number of rotatable bonds is 1. The molecule has 20 heavy (non-hydrogen) atoms. The molecule has 0 radical (unpaired) electrons. The third-order valence-electron chi connectivity index (χ3n) is 4.23. The van der Waals surface area contributed by atoms with E-state index < -0.39 is 0 Å². The summed E-state index contributed by atoms with van der Waals surface area (Å²) in [4.78, 5) is 0. The van der Waals surface area contributed by atoms with Gasteiger partial charge >= 0.3 is 0 Å². The average Bonchev–Trinajstić information content (AvgIpc) is 2.83. The van der Waals surface area contributed by atoms with E-state index in [4.69, 9.17) is 5.41 Å². The highest BCUT2D eigenvalue weighted by atomic mass is 14.5. The third-order valence-corrected chi connectivity index (χ3v) is 4.23. The van der Waals surface area contributed by atoms with E-state index in [2.05, 4.69) is 66.8 Å². The Labute approximate surface area is 118 Å². The van der Waals surface area contributed by atoms with Crippen molar-refractivity contribution in [3.05, 3.63) is 83.5 Å². The summed E-state index contributed by atoms with van der Waals surface area (Å²) >= 11 is 0. The van der Waals surface area contributed by atoms with E-state index in [1.807, 2.05) is 0 Å². The second kappa shape index (κ2) is 4.31. The Morgan fingerprint density at radius 2 is 1.45 bits per heavy atom. The normalized spacial score (nSPS) is 16.8. The van der Waals surface area contributed by atoms with Crippen LogP contribution in [0, 0.1) is 5.41 Å².